The lowest BCUT2D eigenvalue weighted by atomic mass is 9.80. The third-order valence-electron chi connectivity index (χ3n) is 6.97. The number of aliphatic carboxylic acids is 1. The first-order chi connectivity index (χ1) is 15.5. The molecule has 6 nitrogen and oxygen atoms in total. The number of carbonyl (C=O) groups excluding carboxylic acids is 1. The van der Waals surface area contributed by atoms with Crippen LogP contribution < -0.4 is 0 Å². The standard InChI is InChI=1S/C24H26FN3O3S/c25-21-8-7-17(32-21)13-28-20-14-27(11-9-18(20)19-2-1-10-26-23(19)28)22(29)12-15-3-5-16(6-4-15)24(30)31/h1-2,7-8,10,15-16H,3-6,9,11-14H2,(H,30,31)/t15-,16+. The Hall–Kier alpha value is -2.74. The number of amides is 1. The van der Waals surface area contributed by atoms with Crippen molar-refractivity contribution in [3.05, 3.63) is 51.7 Å². The molecule has 4 heterocycles. The zero-order valence-corrected chi connectivity index (χ0v) is 18.6. The average Bonchev–Trinajstić information content (AvgIpc) is 3.35. The number of carboxylic acids is 1. The summed E-state index contributed by atoms with van der Waals surface area (Å²) in [5.41, 5.74) is 3.20. The molecule has 0 bridgehead atoms. The van der Waals surface area contributed by atoms with Gasteiger partial charge >= 0.3 is 5.97 Å². The minimum atomic E-state index is -0.717. The zero-order chi connectivity index (χ0) is 22.2. The molecule has 3 aromatic rings. The van der Waals surface area contributed by atoms with Gasteiger partial charge in [-0.05, 0) is 67.9 Å². The first kappa shape index (κ1) is 21.1. The highest BCUT2D eigenvalue weighted by Gasteiger charge is 2.31. The maximum atomic E-state index is 13.6. The van der Waals surface area contributed by atoms with Gasteiger partial charge in [0.2, 0.25) is 5.91 Å². The number of pyridine rings is 1. The topological polar surface area (TPSA) is 75.4 Å². The third-order valence-corrected chi connectivity index (χ3v) is 7.83. The molecule has 1 aliphatic carbocycles. The molecule has 1 aliphatic heterocycles. The second-order valence-electron chi connectivity index (χ2n) is 8.92. The first-order valence-electron chi connectivity index (χ1n) is 11.2. The molecule has 2 aliphatic rings. The van der Waals surface area contributed by atoms with E-state index < -0.39 is 5.97 Å². The number of thiophene rings is 1. The van der Waals surface area contributed by atoms with Crippen molar-refractivity contribution in [2.45, 2.75) is 51.6 Å². The van der Waals surface area contributed by atoms with Gasteiger partial charge in [0.15, 0.2) is 5.13 Å². The zero-order valence-electron chi connectivity index (χ0n) is 17.8. The average molecular weight is 456 g/mol. The minimum absolute atomic E-state index is 0.140. The van der Waals surface area contributed by atoms with Crippen molar-refractivity contribution >= 4 is 34.2 Å². The molecule has 0 radical (unpaired) electrons. The number of carboxylic acid groups (broad SMARTS) is 1. The largest absolute Gasteiger partial charge is 0.481 e. The van der Waals surface area contributed by atoms with Gasteiger partial charge in [-0.2, -0.15) is 4.39 Å². The Kier molecular flexibility index (Phi) is 5.71. The molecule has 168 valence electrons. The van der Waals surface area contributed by atoms with E-state index in [1.165, 1.54) is 11.6 Å². The Balaban J connectivity index is 1.34. The Morgan fingerprint density at radius 1 is 1.19 bits per heavy atom. The third kappa shape index (κ3) is 4.03. The van der Waals surface area contributed by atoms with Gasteiger partial charge in [-0.1, -0.05) is 0 Å². The van der Waals surface area contributed by atoms with Crippen LogP contribution >= 0.6 is 11.3 Å². The number of carbonyl (C=O) groups is 2. The van der Waals surface area contributed by atoms with Gasteiger partial charge in [0, 0.05) is 35.1 Å². The molecule has 1 amide bonds. The van der Waals surface area contributed by atoms with Crippen LogP contribution in [0.3, 0.4) is 0 Å². The van der Waals surface area contributed by atoms with Gasteiger partial charge in [-0.3, -0.25) is 9.59 Å². The lowest BCUT2D eigenvalue weighted by molar-refractivity contribution is -0.143. The van der Waals surface area contributed by atoms with Gasteiger partial charge in [0.25, 0.3) is 0 Å². The minimum Gasteiger partial charge on any atom is -0.481 e. The van der Waals surface area contributed by atoms with Crippen LogP contribution in [-0.4, -0.2) is 38.0 Å². The highest BCUT2D eigenvalue weighted by atomic mass is 32.1. The molecule has 0 atom stereocenters. The predicted octanol–water partition coefficient (Wildman–Crippen LogP) is 4.45. The number of fused-ring (bicyclic) bond motifs is 3. The molecule has 8 heteroatoms. The van der Waals surface area contributed by atoms with Crippen molar-refractivity contribution in [2.24, 2.45) is 11.8 Å². The Morgan fingerprint density at radius 3 is 2.72 bits per heavy atom. The van der Waals surface area contributed by atoms with E-state index in [9.17, 15) is 19.1 Å². The second kappa shape index (κ2) is 8.65. The number of nitrogens with zero attached hydrogens (tertiary/aromatic N) is 3. The Bertz CT molecular complexity index is 1160. The van der Waals surface area contributed by atoms with Crippen LogP contribution in [-0.2, 0) is 29.1 Å². The van der Waals surface area contributed by atoms with Crippen molar-refractivity contribution in [2.75, 3.05) is 6.54 Å². The summed E-state index contributed by atoms with van der Waals surface area (Å²) in [6.45, 7) is 1.75. The quantitative estimate of drug-likeness (QED) is 0.617. The summed E-state index contributed by atoms with van der Waals surface area (Å²) in [6, 6.07) is 7.30. The fourth-order valence-electron chi connectivity index (χ4n) is 5.23. The fraction of sp³-hybridized carbons (Fsp3) is 0.458. The number of rotatable bonds is 5. The fourth-order valence-corrected chi connectivity index (χ4v) is 5.94. The van der Waals surface area contributed by atoms with Crippen molar-refractivity contribution in [1.82, 2.24) is 14.5 Å². The number of halogens is 1. The van der Waals surface area contributed by atoms with E-state index in [0.29, 0.717) is 38.9 Å². The van der Waals surface area contributed by atoms with E-state index in [2.05, 4.69) is 15.6 Å². The van der Waals surface area contributed by atoms with Crippen LogP contribution in [0.15, 0.2) is 30.5 Å². The van der Waals surface area contributed by atoms with Gasteiger partial charge < -0.3 is 14.6 Å². The van der Waals surface area contributed by atoms with Crippen LogP contribution in [0.25, 0.3) is 11.0 Å². The summed E-state index contributed by atoms with van der Waals surface area (Å²) >= 11 is 1.14. The predicted molar refractivity (Wildman–Crippen MR) is 120 cm³/mol. The smallest absolute Gasteiger partial charge is 0.306 e. The highest BCUT2D eigenvalue weighted by molar-refractivity contribution is 7.10. The summed E-state index contributed by atoms with van der Waals surface area (Å²) in [7, 11) is 0. The molecular formula is C24H26FN3O3S. The summed E-state index contributed by atoms with van der Waals surface area (Å²) < 4.78 is 15.7. The first-order valence-corrected chi connectivity index (χ1v) is 12.0. The van der Waals surface area contributed by atoms with Crippen LogP contribution in [0.5, 0.6) is 0 Å². The van der Waals surface area contributed by atoms with E-state index in [4.69, 9.17) is 0 Å². The SMILES string of the molecule is O=C(C[C@H]1CC[C@@H](C(=O)O)CC1)N1CCc2c(n(Cc3ccc(F)s3)c3ncccc23)C1. The van der Waals surface area contributed by atoms with Crippen LogP contribution in [0.4, 0.5) is 4.39 Å². The normalized spacial score (nSPS) is 21.0. The van der Waals surface area contributed by atoms with Crippen molar-refractivity contribution in [3.63, 3.8) is 0 Å². The van der Waals surface area contributed by atoms with Gasteiger partial charge in [0.1, 0.15) is 5.65 Å². The molecule has 0 spiro atoms. The van der Waals surface area contributed by atoms with Gasteiger partial charge in [-0.15, -0.1) is 11.3 Å². The van der Waals surface area contributed by atoms with E-state index in [0.717, 1.165) is 52.2 Å². The van der Waals surface area contributed by atoms with E-state index in [1.807, 2.05) is 11.0 Å². The van der Waals surface area contributed by atoms with Crippen LogP contribution in [0, 0.1) is 17.0 Å². The summed E-state index contributed by atoms with van der Waals surface area (Å²) in [5.74, 6) is -0.572. The van der Waals surface area contributed by atoms with Crippen LogP contribution in [0.2, 0.25) is 0 Å². The van der Waals surface area contributed by atoms with E-state index in [1.54, 1.807) is 12.3 Å². The molecule has 5 rings (SSSR count). The monoisotopic (exact) mass is 455 g/mol. The van der Waals surface area contributed by atoms with E-state index >= 15 is 0 Å². The maximum Gasteiger partial charge on any atom is 0.306 e. The Labute approximate surface area is 189 Å². The molecule has 1 saturated carbocycles. The maximum absolute atomic E-state index is 13.6. The lowest BCUT2D eigenvalue weighted by Crippen LogP contribution is -2.38. The number of hydrogen-bond donors (Lipinski definition) is 1. The molecule has 32 heavy (non-hydrogen) atoms. The summed E-state index contributed by atoms with van der Waals surface area (Å²) in [4.78, 5) is 31.7. The number of aromatic nitrogens is 2. The van der Waals surface area contributed by atoms with E-state index in [-0.39, 0.29) is 22.9 Å². The van der Waals surface area contributed by atoms with Crippen molar-refractivity contribution in [3.8, 4) is 0 Å². The molecule has 0 aromatic carbocycles. The van der Waals surface area contributed by atoms with Crippen LogP contribution in [0.1, 0.15) is 48.2 Å². The molecule has 0 saturated heterocycles. The molecular weight excluding hydrogens is 429 g/mol. The molecule has 3 aromatic heterocycles. The lowest BCUT2D eigenvalue weighted by Gasteiger charge is -2.31. The number of hydrogen-bond acceptors (Lipinski definition) is 4. The summed E-state index contributed by atoms with van der Waals surface area (Å²) in [5, 5.41) is 10.1. The van der Waals surface area contributed by atoms with Gasteiger partial charge in [0.05, 0.1) is 19.0 Å². The van der Waals surface area contributed by atoms with Crippen molar-refractivity contribution < 1.29 is 19.1 Å². The molecule has 1 fully saturated rings. The molecule has 1 N–H and O–H groups in total. The highest BCUT2D eigenvalue weighted by Crippen LogP contribution is 2.34. The van der Waals surface area contributed by atoms with Crippen molar-refractivity contribution in [1.29, 1.82) is 0 Å². The second-order valence-corrected chi connectivity index (χ2v) is 10.0. The Morgan fingerprint density at radius 2 is 2.00 bits per heavy atom. The van der Waals surface area contributed by atoms with Gasteiger partial charge in [-0.25, -0.2) is 4.98 Å². The summed E-state index contributed by atoms with van der Waals surface area (Å²) in [6.07, 6.45) is 5.96. The molecule has 0 unspecified atom stereocenters.